The lowest BCUT2D eigenvalue weighted by Gasteiger charge is -2.14. The molecule has 0 heterocycles. The van der Waals surface area contributed by atoms with Crippen LogP contribution in [0.15, 0.2) is 94.7 Å². The molecule has 0 unspecified atom stereocenters. The fourth-order valence-electron chi connectivity index (χ4n) is 4.56. The predicted molar refractivity (Wildman–Crippen MR) is 248 cm³/mol. The van der Waals surface area contributed by atoms with E-state index in [-0.39, 0.29) is 9.79 Å². The lowest BCUT2D eigenvalue weighted by Crippen LogP contribution is -2.15. The summed E-state index contributed by atoms with van der Waals surface area (Å²) in [5.74, 6) is 2.04. The molecule has 302 valence electrons. The molecule has 0 aliphatic heterocycles. The molecule has 5 rings (SSSR count). The van der Waals surface area contributed by atoms with Gasteiger partial charge in [0.15, 0.2) is 0 Å². The maximum Gasteiger partial charge on any atom is 0.297 e. The minimum atomic E-state index is -3.94. The van der Waals surface area contributed by atoms with Gasteiger partial charge in [-0.15, -0.1) is 0 Å². The van der Waals surface area contributed by atoms with Crippen molar-refractivity contribution in [3.63, 3.8) is 0 Å². The van der Waals surface area contributed by atoms with Crippen LogP contribution in [0.2, 0.25) is 15.1 Å². The Labute approximate surface area is 385 Å². The van der Waals surface area contributed by atoms with Gasteiger partial charge in [0.25, 0.3) is 20.2 Å². The van der Waals surface area contributed by atoms with Crippen molar-refractivity contribution in [2.45, 2.75) is 44.4 Å². The van der Waals surface area contributed by atoms with Gasteiger partial charge in [0.2, 0.25) is 0 Å². The quantitative estimate of drug-likeness (QED) is 0.0738. The van der Waals surface area contributed by atoms with E-state index in [1.54, 1.807) is 36.4 Å². The van der Waals surface area contributed by atoms with Crippen LogP contribution in [-0.4, -0.2) is 48.4 Å². The van der Waals surface area contributed by atoms with E-state index < -0.39 is 33.5 Å². The van der Waals surface area contributed by atoms with Crippen LogP contribution >= 0.6 is 103 Å². The highest BCUT2D eigenvalue weighted by atomic mass is 127. The molecule has 0 saturated carbocycles. The lowest BCUT2D eigenvalue weighted by atomic mass is 10.2. The Morgan fingerprint density at radius 2 is 0.821 bits per heavy atom. The van der Waals surface area contributed by atoms with Crippen molar-refractivity contribution in [3.05, 3.63) is 139 Å². The van der Waals surface area contributed by atoms with Crippen LogP contribution in [-0.2, 0) is 28.6 Å². The zero-order valence-electron chi connectivity index (χ0n) is 30.7. The van der Waals surface area contributed by atoms with E-state index in [0.29, 0.717) is 24.0 Å². The summed E-state index contributed by atoms with van der Waals surface area (Å²) in [4.78, 5) is 0.0176. The molecule has 0 amide bonds. The first-order valence-electron chi connectivity index (χ1n) is 16.4. The summed E-state index contributed by atoms with van der Waals surface area (Å²) in [6.07, 6.45) is 0. The van der Waals surface area contributed by atoms with Gasteiger partial charge < -0.3 is 14.6 Å². The summed E-state index contributed by atoms with van der Waals surface area (Å²) < 4.78 is 71.8. The summed E-state index contributed by atoms with van der Waals surface area (Å²) in [5.41, 5.74) is 4.70. The second kappa shape index (κ2) is 22.7. The third-order valence-electron chi connectivity index (χ3n) is 7.36. The van der Waals surface area contributed by atoms with E-state index in [4.69, 9.17) is 52.6 Å². The van der Waals surface area contributed by atoms with Gasteiger partial charge in [-0.25, -0.2) is 0 Å². The molecule has 0 atom stereocenters. The largest absolute Gasteiger partial charge is 0.507 e. The van der Waals surface area contributed by atoms with Gasteiger partial charge in [-0.3, -0.25) is 8.37 Å². The number of phenolic OH excluding ortho intramolecular Hbond substituents is 1. The van der Waals surface area contributed by atoms with Crippen LogP contribution in [0, 0.1) is 45.3 Å². The van der Waals surface area contributed by atoms with Gasteiger partial charge in [0.05, 0.1) is 33.7 Å². The molecule has 0 aromatic heterocycles. The molecule has 17 heteroatoms. The Balaban J connectivity index is 0.000000243. The minimum Gasteiger partial charge on any atom is -0.507 e. The highest BCUT2D eigenvalue weighted by Crippen LogP contribution is 2.31. The van der Waals surface area contributed by atoms with Crippen molar-refractivity contribution < 1.29 is 39.8 Å². The second-order valence-corrected chi connectivity index (χ2v) is 20.0. The molecule has 0 aliphatic carbocycles. The fourth-order valence-corrected chi connectivity index (χ4v) is 10.3. The van der Waals surface area contributed by atoms with E-state index in [9.17, 15) is 21.9 Å². The molecule has 0 aliphatic rings. The predicted octanol–water partition coefficient (Wildman–Crippen LogP) is 11.7. The van der Waals surface area contributed by atoms with Gasteiger partial charge in [0.1, 0.15) is 30.5 Å². The van der Waals surface area contributed by atoms with E-state index in [0.717, 1.165) is 60.1 Å². The van der Waals surface area contributed by atoms with Crippen molar-refractivity contribution in [1.29, 1.82) is 0 Å². The molecular weight excluding hydrogens is 1160 g/mol. The van der Waals surface area contributed by atoms with Gasteiger partial charge in [-0.2, -0.15) is 16.8 Å². The number of hydrogen-bond donors (Lipinski definition) is 1. The standard InChI is InChI=1S/C16H14Cl2I2O2.C16H18O6S2.C7H6ClIO/c1-9-5-11(17)7-13(19)15(9)21-3-4-22-16-10(2)6-12(18)8-14(16)20;1-13-3-7-15(8-4-13)23(17,18)21-11-12-22-24(19,20)16-9-5-14(2)6-10-16;1-4-2-5(8)3-6(9)7(4)10/h5-8H,3-4H2,1-2H3;3-10H,11-12H2,1-2H3;2-3,10H,1H3. The van der Waals surface area contributed by atoms with Gasteiger partial charge >= 0.3 is 0 Å². The van der Waals surface area contributed by atoms with Crippen LogP contribution in [0.4, 0.5) is 0 Å². The van der Waals surface area contributed by atoms with E-state index in [1.807, 2.05) is 81.5 Å². The zero-order chi connectivity index (χ0) is 41.8. The van der Waals surface area contributed by atoms with Gasteiger partial charge in [-0.05, 0) is 180 Å². The third kappa shape index (κ3) is 15.5. The molecule has 0 bridgehead atoms. The Morgan fingerprint density at radius 1 is 0.500 bits per heavy atom. The number of benzene rings is 5. The molecular formula is C39H38Cl3I3O9S2. The average molecular weight is 1200 g/mol. The summed E-state index contributed by atoms with van der Waals surface area (Å²) in [6, 6.07) is 23.3. The second-order valence-electron chi connectivity index (χ2n) is 12.0. The number of aromatic hydroxyl groups is 1. The average Bonchev–Trinajstić information content (AvgIpc) is 3.10. The first-order chi connectivity index (χ1) is 26.2. The van der Waals surface area contributed by atoms with Gasteiger partial charge in [0, 0.05) is 15.1 Å². The number of ether oxygens (including phenoxy) is 2. The first-order valence-corrected chi connectivity index (χ1v) is 23.6. The van der Waals surface area contributed by atoms with E-state index >= 15 is 0 Å². The van der Waals surface area contributed by atoms with Crippen molar-refractivity contribution in [1.82, 2.24) is 0 Å². The highest BCUT2D eigenvalue weighted by molar-refractivity contribution is 14.1. The topological polar surface area (TPSA) is 125 Å². The Bertz CT molecular complexity index is 2120. The maximum atomic E-state index is 11.9. The van der Waals surface area contributed by atoms with Crippen molar-refractivity contribution in [2.75, 3.05) is 26.4 Å². The number of phenols is 1. The summed E-state index contributed by atoms with van der Waals surface area (Å²) >= 11 is 24.2. The maximum absolute atomic E-state index is 11.9. The number of rotatable bonds is 12. The number of aryl methyl sites for hydroxylation is 5. The first kappa shape index (κ1) is 48.7. The summed E-state index contributed by atoms with van der Waals surface area (Å²) in [6.45, 7) is 9.59. The van der Waals surface area contributed by atoms with Crippen LogP contribution in [0.25, 0.3) is 0 Å². The fraction of sp³-hybridized carbons (Fsp3) is 0.231. The molecule has 5 aromatic rings. The summed E-state index contributed by atoms with van der Waals surface area (Å²) in [7, 11) is -7.88. The molecule has 9 nitrogen and oxygen atoms in total. The molecule has 0 spiro atoms. The molecule has 0 saturated heterocycles. The number of hydrogen-bond acceptors (Lipinski definition) is 9. The SMILES string of the molecule is Cc1cc(Cl)cc(I)c1O.Cc1cc(Cl)cc(I)c1OCCOc1c(C)cc(Cl)cc1I.Cc1ccc(S(=O)(=O)OCCOS(=O)(=O)c2ccc(C)cc2)cc1. The highest BCUT2D eigenvalue weighted by Gasteiger charge is 2.18. The molecule has 0 radical (unpaired) electrons. The summed E-state index contributed by atoms with van der Waals surface area (Å²) in [5, 5.41) is 11.4. The Hall–Kier alpha value is -1.62. The van der Waals surface area contributed by atoms with Crippen molar-refractivity contribution >= 4 is 123 Å². The minimum absolute atomic E-state index is 0.00879. The smallest absolute Gasteiger partial charge is 0.297 e. The van der Waals surface area contributed by atoms with Crippen molar-refractivity contribution in [3.8, 4) is 17.2 Å². The third-order valence-corrected chi connectivity index (χ3v) is 13.1. The molecule has 56 heavy (non-hydrogen) atoms. The molecule has 1 N–H and O–H groups in total. The van der Waals surface area contributed by atoms with Crippen LogP contribution in [0.3, 0.4) is 0 Å². The van der Waals surface area contributed by atoms with Crippen LogP contribution in [0.5, 0.6) is 17.2 Å². The van der Waals surface area contributed by atoms with E-state index in [1.165, 1.54) is 24.3 Å². The van der Waals surface area contributed by atoms with E-state index in [2.05, 4.69) is 45.2 Å². The van der Waals surface area contributed by atoms with Crippen molar-refractivity contribution in [2.24, 2.45) is 0 Å². The van der Waals surface area contributed by atoms with Crippen LogP contribution in [0.1, 0.15) is 27.8 Å². The zero-order valence-corrected chi connectivity index (χ0v) is 41.1. The van der Waals surface area contributed by atoms with Gasteiger partial charge in [-0.1, -0.05) is 70.2 Å². The molecule has 0 fully saturated rings. The number of halogens is 6. The Kier molecular flexibility index (Phi) is 19.7. The monoisotopic (exact) mass is 1200 g/mol. The lowest BCUT2D eigenvalue weighted by molar-refractivity contribution is 0.213. The normalized spacial score (nSPS) is 11.2. The van der Waals surface area contributed by atoms with Crippen LogP contribution < -0.4 is 9.47 Å². The Morgan fingerprint density at radius 3 is 1.14 bits per heavy atom. The molecule has 5 aromatic carbocycles.